The van der Waals surface area contributed by atoms with Gasteiger partial charge >= 0.3 is 39.5 Å². The Labute approximate surface area is 600 Å². The Bertz CT molecular complexity index is 1890. The van der Waals surface area contributed by atoms with E-state index >= 15 is 0 Å². The van der Waals surface area contributed by atoms with E-state index in [9.17, 15) is 43.2 Å². The maximum absolute atomic E-state index is 13.1. The normalized spacial score (nSPS) is 13.9. The molecule has 0 aromatic carbocycles. The predicted molar refractivity (Wildman–Crippen MR) is 400 cm³/mol. The highest BCUT2D eigenvalue weighted by Crippen LogP contribution is 2.45. The standard InChI is InChI=1S/C79H154O17P2/c1-7-9-11-13-15-17-19-20-26-32-39-45-51-57-63-78(83)95-74(67-89-76(81)61-55-49-43-37-29-18-16-14-12-10-8-2)69-93-97(85,86)91-65-73(80)66-92-98(87,88)94-70-75(68-90-77(82)62-56-50-44-38-34-28-31-36-42-48-54-60-72(5)6)96-79(84)64-58-52-46-40-33-27-24-22-21-23-25-30-35-41-47-53-59-71(3)4/h71-75,80H,7-70H2,1-6H3,(H,85,86)(H,87,88)/t73-,74+,75+/m0/s1. The zero-order valence-corrected chi connectivity index (χ0v) is 65.9. The van der Waals surface area contributed by atoms with Gasteiger partial charge in [-0.2, -0.15) is 0 Å². The second kappa shape index (κ2) is 70.7. The third kappa shape index (κ3) is 72.4. The molecule has 98 heavy (non-hydrogen) atoms. The Morgan fingerprint density at radius 2 is 0.469 bits per heavy atom. The first kappa shape index (κ1) is 96.1. The number of carbonyl (C=O) groups is 4. The van der Waals surface area contributed by atoms with Gasteiger partial charge in [-0.05, 0) is 37.5 Å². The molecule has 0 heterocycles. The molecule has 19 heteroatoms. The van der Waals surface area contributed by atoms with Crippen molar-refractivity contribution >= 4 is 39.5 Å². The Kier molecular flexibility index (Phi) is 69.3. The quantitative estimate of drug-likeness (QED) is 0.0222. The van der Waals surface area contributed by atoms with Crippen LogP contribution in [0.25, 0.3) is 0 Å². The summed E-state index contributed by atoms with van der Waals surface area (Å²) in [5.74, 6) is -0.529. The number of rotatable bonds is 78. The van der Waals surface area contributed by atoms with Crippen LogP contribution in [-0.2, 0) is 65.4 Å². The fourth-order valence-electron chi connectivity index (χ4n) is 12.2. The van der Waals surface area contributed by atoms with Crippen molar-refractivity contribution in [3.05, 3.63) is 0 Å². The van der Waals surface area contributed by atoms with E-state index in [4.69, 9.17) is 37.0 Å². The molecule has 17 nitrogen and oxygen atoms in total. The number of esters is 4. The predicted octanol–water partition coefficient (Wildman–Crippen LogP) is 23.5. The molecule has 0 radical (unpaired) electrons. The molecule has 0 aromatic heterocycles. The van der Waals surface area contributed by atoms with Crippen LogP contribution in [0.4, 0.5) is 0 Å². The summed E-state index contributed by atoms with van der Waals surface area (Å²) in [5, 5.41) is 10.6. The molecule has 0 aliphatic heterocycles. The van der Waals surface area contributed by atoms with E-state index < -0.39 is 97.5 Å². The Morgan fingerprint density at radius 3 is 0.694 bits per heavy atom. The molecule has 0 aliphatic carbocycles. The molecule has 0 aromatic rings. The lowest BCUT2D eigenvalue weighted by atomic mass is 10.0. The number of unbranched alkanes of at least 4 members (excludes halogenated alkanes) is 48. The zero-order chi connectivity index (χ0) is 72.1. The van der Waals surface area contributed by atoms with Gasteiger partial charge in [0.15, 0.2) is 12.2 Å². The SMILES string of the molecule is CCCCCCCCCCCCCCCCC(=O)O[C@H](COC(=O)CCCCCCCCCCCCC)COP(=O)(O)OC[C@H](O)COP(=O)(O)OC[C@@H](COC(=O)CCCCCCCCCCCCCC(C)C)OC(=O)CCCCCCCCCCCCCCCCCCC(C)C. The molecule has 5 atom stereocenters. The molecule has 0 saturated carbocycles. The van der Waals surface area contributed by atoms with E-state index in [-0.39, 0.29) is 25.7 Å². The maximum atomic E-state index is 13.1. The van der Waals surface area contributed by atoms with Gasteiger partial charge in [-0.1, -0.05) is 363 Å². The Balaban J connectivity index is 5.24. The van der Waals surface area contributed by atoms with Crippen LogP contribution in [0.2, 0.25) is 0 Å². The minimum absolute atomic E-state index is 0.108. The first-order chi connectivity index (χ1) is 47.4. The van der Waals surface area contributed by atoms with Crippen molar-refractivity contribution in [3.63, 3.8) is 0 Å². The van der Waals surface area contributed by atoms with Crippen LogP contribution in [0.5, 0.6) is 0 Å². The van der Waals surface area contributed by atoms with E-state index in [1.54, 1.807) is 0 Å². The van der Waals surface area contributed by atoms with Gasteiger partial charge < -0.3 is 33.8 Å². The van der Waals surface area contributed by atoms with Gasteiger partial charge in [0.25, 0.3) is 0 Å². The lowest BCUT2D eigenvalue weighted by Crippen LogP contribution is -2.30. The van der Waals surface area contributed by atoms with E-state index in [0.717, 1.165) is 102 Å². The van der Waals surface area contributed by atoms with Gasteiger partial charge in [0.05, 0.1) is 26.4 Å². The number of hydrogen-bond donors (Lipinski definition) is 3. The summed E-state index contributed by atoms with van der Waals surface area (Å²) in [6, 6.07) is 0. The van der Waals surface area contributed by atoms with Crippen molar-refractivity contribution in [2.24, 2.45) is 11.8 Å². The lowest BCUT2D eigenvalue weighted by Gasteiger charge is -2.21. The summed E-state index contributed by atoms with van der Waals surface area (Å²) < 4.78 is 68.7. The van der Waals surface area contributed by atoms with Crippen molar-refractivity contribution in [1.82, 2.24) is 0 Å². The summed E-state index contributed by atoms with van der Waals surface area (Å²) in [5.41, 5.74) is 0. The lowest BCUT2D eigenvalue weighted by molar-refractivity contribution is -0.161. The molecule has 0 saturated heterocycles. The van der Waals surface area contributed by atoms with Crippen molar-refractivity contribution in [3.8, 4) is 0 Å². The van der Waals surface area contributed by atoms with Crippen LogP contribution in [0, 0.1) is 11.8 Å². The summed E-state index contributed by atoms with van der Waals surface area (Å²) >= 11 is 0. The van der Waals surface area contributed by atoms with Crippen molar-refractivity contribution in [2.75, 3.05) is 39.6 Å². The molecule has 0 bridgehead atoms. The average Bonchev–Trinajstić information content (AvgIpc) is 1.11. The van der Waals surface area contributed by atoms with E-state index in [2.05, 4.69) is 41.5 Å². The van der Waals surface area contributed by atoms with Gasteiger partial charge in [-0.25, -0.2) is 9.13 Å². The number of aliphatic hydroxyl groups excluding tert-OH is 1. The smallest absolute Gasteiger partial charge is 0.462 e. The molecule has 0 fully saturated rings. The summed E-state index contributed by atoms with van der Waals surface area (Å²) in [7, 11) is -9.92. The fraction of sp³-hybridized carbons (Fsp3) is 0.949. The monoisotopic (exact) mass is 1440 g/mol. The number of ether oxygens (including phenoxy) is 4. The summed E-state index contributed by atoms with van der Waals surface area (Å²) in [6.45, 7) is 9.66. The Morgan fingerprint density at radius 1 is 0.276 bits per heavy atom. The third-order valence-electron chi connectivity index (χ3n) is 18.5. The van der Waals surface area contributed by atoms with Gasteiger partial charge in [0.1, 0.15) is 19.3 Å². The van der Waals surface area contributed by atoms with Gasteiger partial charge in [-0.15, -0.1) is 0 Å². The molecular formula is C79H154O17P2. The highest BCUT2D eigenvalue weighted by Gasteiger charge is 2.30. The van der Waals surface area contributed by atoms with Crippen molar-refractivity contribution in [1.29, 1.82) is 0 Å². The number of phosphoric acid groups is 2. The molecule has 0 aliphatic rings. The largest absolute Gasteiger partial charge is 0.472 e. The minimum Gasteiger partial charge on any atom is -0.462 e. The van der Waals surface area contributed by atoms with Crippen LogP contribution < -0.4 is 0 Å². The highest BCUT2D eigenvalue weighted by molar-refractivity contribution is 7.47. The third-order valence-corrected chi connectivity index (χ3v) is 20.4. The second-order valence-corrected chi connectivity index (χ2v) is 32.3. The second-order valence-electron chi connectivity index (χ2n) is 29.4. The molecule has 2 unspecified atom stereocenters. The number of aliphatic hydroxyl groups is 1. The summed E-state index contributed by atoms with van der Waals surface area (Å²) in [6.07, 6.45) is 59.5. The number of carbonyl (C=O) groups excluding carboxylic acids is 4. The molecule has 0 spiro atoms. The molecule has 0 rings (SSSR count). The number of hydrogen-bond acceptors (Lipinski definition) is 15. The minimum atomic E-state index is -4.96. The zero-order valence-electron chi connectivity index (χ0n) is 64.1. The van der Waals surface area contributed by atoms with E-state index in [1.807, 2.05) is 0 Å². The summed E-state index contributed by atoms with van der Waals surface area (Å²) in [4.78, 5) is 72.9. The van der Waals surface area contributed by atoms with Gasteiger partial charge in [-0.3, -0.25) is 37.3 Å². The number of phosphoric ester groups is 2. The topological polar surface area (TPSA) is 237 Å². The van der Waals surface area contributed by atoms with Crippen LogP contribution in [0.1, 0.15) is 414 Å². The fourth-order valence-corrected chi connectivity index (χ4v) is 13.8. The molecule has 582 valence electrons. The van der Waals surface area contributed by atoms with Gasteiger partial charge in [0, 0.05) is 25.7 Å². The maximum Gasteiger partial charge on any atom is 0.472 e. The Hall–Kier alpha value is -1.94. The molecule has 3 N–H and O–H groups in total. The van der Waals surface area contributed by atoms with Crippen LogP contribution >= 0.6 is 15.6 Å². The molecular weight excluding hydrogens is 1280 g/mol. The van der Waals surface area contributed by atoms with Gasteiger partial charge in [0.2, 0.25) is 0 Å². The van der Waals surface area contributed by atoms with E-state index in [1.165, 1.54) is 231 Å². The first-order valence-corrected chi connectivity index (χ1v) is 44.0. The van der Waals surface area contributed by atoms with Crippen molar-refractivity contribution in [2.45, 2.75) is 432 Å². The average molecular weight is 1440 g/mol. The van der Waals surface area contributed by atoms with Crippen LogP contribution in [-0.4, -0.2) is 96.7 Å². The first-order valence-electron chi connectivity index (χ1n) is 41.0. The van der Waals surface area contributed by atoms with Crippen LogP contribution in [0.15, 0.2) is 0 Å². The van der Waals surface area contributed by atoms with Crippen LogP contribution in [0.3, 0.4) is 0 Å². The highest BCUT2D eigenvalue weighted by atomic mass is 31.2. The van der Waals surface area contributed by atoms with E-state index in [0.29, 0.717) is 25.7 Å². The molecule has 0 amide bonds. The van der Waals surface area contributed by atoms with Crippen molar-refractivity contribution < 1.29 is 80.2 Å².